The highest BCUT2D eigenvalue weighted by atomic mass is 19.4. The third-order valence-electron chi connectivity index (χ3n) is 4.11. The second kappa shape index (κ2) is 6.41. The Balaban J connectivity index is 2.33. The van der Waals surface area contributed by atoms with Crippen LogP contribution in [0.3, 0.4) is 0 Å². The molecule has 8 heteroatoms. The first kappa shape index (κ1) is 17.0. The fourth-order valence-electron chi connectivity index (χ4n) is 2.68. The van der Waals surface area contributed by atoms with Crippen molar-refractivity contribution in [2.75, 3.05) is 38.5 Å². The van der Waals surface area contributed by atoms with Gasteiger partial charge in [0.15, 0.2) is 0 Å². The molecule has 1 atom stereocenters. The Labute approximate surface area is 127 Å². The van der Waals surface area contributed by atoms with Crippen molar-refractivity contribution in [1.82, 2.24) is 9.80 Å². The lowest BCUT2D eigenvalue weighted by Crippen LogP contribution is -2.45. The number of likely N-dealkylation sites (N-methyl/N-ethyl adjacent to an activating group) is 1. The van der Waals surface area contributed by atoms with Crippen molar-refractivity contribution in [3.8, 4) is 0 Å². The van der Waals surface area contributed by atoms with Gasteiger partial charge in [-0.2, -0.15) is 13.2 Å². The number of alkyl halides is 3. The molecule has 1 aliphatic heterocycles. The first-order valence-corrected chi connectivity index (χ1v) is 7.01. The summed E-state index contributed by atoms with van der Waals surface area (Å²) in [5, 5.41) is 17.5. The minimum absolute atomic E-state index is 0.141. The van der Waals surface area contributed by atoms with Crippen LogP contribution >= 0.6 is 0 Å². The van der Waals surface area contributed by atoms with Crippen LogP contribution in [0.1, 0.15) is 24.1 Å². The molecule has 0 bridgehead atoms. The van der Waals surface area contributed by atoms with Crippen LogP contribution in [-0.4, -0.2) is 53.4 Å². The summed E-state index contributed by atoms with van der Waals surface area (Å²) in [6.45, 7) is 4.76. The van der Waals surface area contributed by atoms with Crippen LogP contribution in [0.5, 0.6) is 0 Å². The van der Waals surface area contributed by atoms with Crippen LogP contribution in [0.4, 0.5) is 18.9 Å². The molecule has 0 amide bonds. The second-order valence-corrected chi connectivity index (χ2v) is 5.57. The fourth-order valence-corrected chi connectivity index (χ4v) is 2.68. The van der Waals surface area contributed by atoms with E-state index in [1.165, 1.54) is 12.1 Å². The maximum atomic E-state index is 13.3. The van der Waals surface area contributed by atoms with Gasteiger partial charge in [-0.25, -0.2) is 0 Å². The molecule has 5 nitrogen and oxygen atoms in total. The van der Waals surface area contributed by atoms with Crippen molar-refractivity contribution in [3.63, 3.8) is 0 Å². The smallest absolute Gasteiger partial charge is 0.304 e. The lowest BCUT2D eigenvalue weighted by molar-refractivity contribution is -0.138. The van der Waals surface area contributed by atoms with E-state index in [-0.39, 0.29) is 16.5 Å². The van der Waals surface area contributed by atoms with Gasteiger partial charge in [-0.15, -0.1) is 5.23 Å². The van der Waals surface area contributed by atoms with E-state index in [2.05, 4.69) is 4.90 Å². The minimum atomic E-state index is -4.55. The highest BCUT2D eigenvalue weighted by Gasteiger charge is 2.36. The van der Waals surface area contributed by atoms with Gasteiger partial charge in [-0.1, -0.05) is 6.07 Å². The molecule has 1 aromatic carbocycles. The van der Waals surface area contributed by atoms with Gasteiger partial charge in [-0.3, -0.25) is 15.3 Å². The van der Waals surface area contributed by atoms with Gasteiger partial charge in [0, 0.05) is 32.2 Å². The SMILES string of the molecule is CC(c1ccc(N(O)O)cc1C(F)(F)F)N1CCN(C)CC1. The molecule has 1 aromatic rings. The van der Waals surface area contributed by atoms with Crippen molar-refractivity contribution in [2.24, 2.45) is 0 Å². The van der Waals surface area contributed by atoms with E-state index in [0.717, 1.165) is 19.2 Å². The molecular formula is C14H20F3N3O2. The van der Waals surface area contributed by atoms with E-state index < -0.39 is 17.8 Å². The number of anilines is 1. The molecule has 0 spiro atoms. The van der Waals surface area contributed by atoms with Crippen LogP contribution in [0, 0.1) is 0 Å². The average molecular weight is 319 g/mol. The Hall–Kier alpha value is -1.35. The highest BCUT2D eigenvalue weighted by Crippen LogP contribution is 2.38. The molecular weight excluding hydrogens is 299 g/mol. The van der Waals surface area contributed by atoms with E-state index in [0.29, 0.717) is 13.1 Å². The van der Waals surface area contributed by atoms with Crippen molar-refractivity contribution in [1.29, 1.82) is 0 Å². The van der Waals surface area contributed by atoms with Gasteiger partial charge in [0.25, 0.3) is 0 Å². The number of rotatable bonds is 3. The molecule has 1 fully saturated rings. The summed E-state index contributed by atoms with van der Waals surface area (Å²) in [4.78, 5) is 4.13. The number of benzene rings is 1. The summed E-state index contributed by atoms with van der Waals surface area (Å²) in [5.74, 6) is 0. The normalized spacial score (nSPS) is 19.2. The summed E-state index contributed by atoms with van der Waals surface area (Å²) in [5.41, 5.74) is -1.02. The monoisotopic (exact) mass is 319 g/mol. The zero-order valence-corrected chi connectivity index (χ0v) is 12.5. The first-order chi connectivity index (χ1) is 10.2. The van der Waals surface area contributed by atoms with Crippen LogP contribution in [0.15, 0.2) is 18.2 Å². The maximum Gasteiger partial charge on any atom is 0.416 e. The van der Waals surface area contributed by atoms with Gasteiger partial charge in [0.05, 0.1) is 11.3 Å². The Morgan fingerprint density at radius 2 is 1.73 bits per heavy atom. The van der Waals surface area contributed by atoms with Gasteiger partial charge in [-0.05, 0) is 31.7 Å². The second-order valence-electron chi connectivity index (χ2n) is 5.57. The van der Waals surface area contributed by atoms with Crippen LogP contribution < -0.4 is 5.23 Å². The molecule has 22 heavy (non-hydrogen) atoms. The summed E-state index contributed by atoms with van der Waals surface area (Å²) in [6.07, 6.45) is -4.55. The zero-order valence-electron chi connectivity index (χ0n) is 12.5. The summed E-state index contributed by atoms with van der Waals surface area (Å²) in [6, 6.07) is 2.92. The average Bonchev–Trinajstić information content (AvgIpc) is 2.45. The van der Waals surface area contributed by atoms with Gasteiger partial charge >= 0.3 is 6.18 Å². The molecule has 124 valence electrons. The summed E-state index contributed by atoms with van der Waals surface area (Å²) >= 11 is 0. The van der Waals surface area contributed by atoms with Crippen LogP contribution in [0.2, 0.25) is 0 Å². The zero-order chi connectivity index (χ0) is 16.5. The van der Waals surface area contributed by atoms with Crippen LogP contribution in [0.25, 0.3) is 0 Å². The Morgan fingerprint density at radius 3 is 2.23 bits per heavy atom. The number of hydrogen-bond acceptors (Lipinski definition) is 5. The molecule has 1 heterocycles. The van der Waals surface area contributed by atoms with Crippen molar-refractivity contribution < 1.29 is 23.6 Å². The molecule has 1 aliphatic rings. The number of halogens is 3. The molecule has 2 N–H and O–H groups in total. The number of nitrogens with zero attached hydrogens (tertiary/aromatic N) is 3. The van der Waals surface area contributed by atoms with Gasteiger partial charge in [0.1, 0.15) is 0 Å². The minimum Gasteiger partial charge on any atom is -0.304 e. The van der Waals surface area contributed by atoms with E-state index in [1.54, 1.807) is 6.92 Å². The highest BCUT2D eigenvalue weighted by molar-refractivity contribution is 5.49. The predicted molar refractivity (Wildman–Crippen MR) is 75.0 cm³/mol. The van der Waals surface area contributed by atoms with E-state index >= 15 is 0 Å². The van der Waals surface area contributed by atoms with E-state index in [1.807, 2.05) is 11.9 Å². The standard InChI is InChI=1S/C14H20F3N3O2/c1-10(19-7-5-18(2)6-8-19)12-4-3-11(20(21)22)9-13(12)14(15,16)17/h3-4,9-10,21-22H,5-8H2,1-2H3. The molecule has 0 radical (unpaired) electrons. The number of hydrogen-bond donors (Lipinski definition) is 2. The van der Waals surface area contributed by atoms with Crippen molar-refractivity contribution in [2.45, 2.75) is 19.1 Å². The quantitative estimate of drug-likeness (QED) is 0.839. The third kappa shape index (κ3) is 3.70. The molecule has 1 unspecified atom stereocenters. The van der Waals surface area contributed by atoms with Crippen LogP contribution in [-0.2, 0) is 6.18 Å². The predicted octanol–water partition coefficient (Wildman–Crippen LogP) is 2.60. The topological polar surface area (TPSA) is 50.2 Å². The lowest BCUT2D eigenvalue weighted by Gasteiger charge is -2.37. The molecule has 0 saturated carbocycles. The van der Waals surface area contributed by atoms with Gasteiger partial charge in [0.2, 0.25) is 0 Å². The van der Waals surface area contributed by atoms with E-state index in [4.69, 9.17) is 10.4 Å². The molecule has 0 aromatic heterocycles. The summed E-state index contributed by atoms with van der Waals surface area (Å²) < 4.78 is 39.8. The third-order valence-corrected chi connectivity index (χ3v) is 4.11. The van der Waals surface area contributed by atoms with Gasteiger partial charge < -0.3 is 4.90 Å². The Morgan fingerprint density at radius 1 is 1.14 bits per heavy atom. The van der Waals surface area contributed by atoms with E-state index in [9.17, 15) is 13.2 Å². The van der Waals surface area contributed by atoms with Crippen molar-refractivity contribution >= 4 is 5.69 Å². The molecule has 1 saturated heterocycles. The maximum absolute atomic E-state index is 13.3. The lowest BCUT2D eigenvalue weighted by atomic mass is 9.98. The summed E-state index contributed by atoms with van der Waals surface area (Å²) in [7, 11) is 1.98. The number of piperazine rings is 1. The fraction of sp³-hybridized carbons (Fsp3) is 0.571. The van der Waals surface area contributed by atoms with Crippen molar-refractivity contribution in [3.05, 3.63) is 29.3 Å². The largest absolute Gasteiger partial charge is 0.416 e. The Kier molecular flexibility index (Phi) is 4.96. The Bertz CT molecular complexity index is 515. The molecule has 2 rings (SSSR count). The molecule has 0 aliphatic carbocycles. The first-order valence-electron chi connectivity index (χ1n) is 7.01.